The quantitative estimate of drug-likeness (QED) is 0.0251. The van der Waals surface area contributed by atoms with Crippen LogP contribution in [0.4, 0.5) is 0 Å². The molecule has 0 unspecified atom stereocenters. The summed E-state index contributed by atoms with van der Waals surface area (Å²) >= 11 is 41.4. The zero-order valence-corrected chi connectivity index (χ0v) is 58.1. The van der Waals surface area contributed by atoms with Crippen molar-refractivity contribution in [2.45, 2.75) is 261 Å². The summed E-state index contributed by atoms with van der Waals surface area (Å²) in [7, 11) is 0. The summed E-state index contributed by atoms with van der Waals surface area (Å²) in [5.41, 5.74) is -9.49. The first-order chi connectivity index (χ1) is 32.5. The summed E-state index contributed by atoms with van der Waals surface area (Å²) in [5.74, 6) is 0. The second kappa shape index (κ2) is 63.3. The maximum Gasteiger partial charge on any atom is 4.00 e. The molecule has 416 valence electrons. The van der Waals surface area contributed by atoms with E-state index in [4.69, 9.17) is 132 Å². The van der Waals surface area contributed by atoms with Crippen LogP contribution in [0.2, 0.25) is 0 Å². The van der Waals surface area contributed by atoms with Crippen LogP contribution < -0.4 is 0 Å². The molecule has 69 heavy (non-hydrogen) atoms. The van der Waals surface area contributed by atoms with Crippen molar-refractivity contribution in [2.24, 2.45) is 0 Å². The van der Waals surface area contributed by atoms with E-state index in [-0.39, 0.29) is 23.9 Å². The van der Waals surface area contributed by atoms with E-state index in [1.807, 2.05) is 0 Å². The number of hydrogen-bond acceptors (Lipinski definition) is 16. The molecule has 0 fully saturated rings. The van der Waals surface area contributed by atoms with Gasteiger partial charge in [-0.25, -0.2) is 0 Å². The van der Waals surface area contributed by atoms with E-state index in [1.54, 1.807) is 0 Å². The largest absolute Gasteiger partial charge is 4.00 e. The molecule has 0 heterocycles. The standard InChI is InChI=1S/4C12H27O2PS2.Sn/c4*1-3-5-7-9-11-13-15(16,17)14-12-10-8-6-4-2;/h4*3-12H2,1-2H3,(H,16,17);/q;;;;+4/p-4. The molecule has 0 saturated heterocycles. The Balaban J connectivity index is -0.000000263. The summed E-state index contributed by atoms with van der Waals surface area (Å²) in [5, 5.41) is 0. The fourth-order valence-corrected chi connectivity index (χ4v) is 12.5. The van der Waals surface area contributed by atoms with Crippen molar-refractivity contribution in [1.82, 2.24) is 0 Å². The van der Waals surface area contributed by atoms with Crippen LogP contribution >= 0.6 is 22.8 Å². The SMILES string of the molecule is CCCCCCOP(=S)([S-])OCCCCCC.CCCCCCOP(=S)([S-])OCCCCCC.CCCCCCOP(=S)([S-])OCCCCCC.CCCCCCOP(=S)([S-])OCCCCCC.[Sn+4]. The predicted octanol–water partition coefficient (Wildman–Crippen LogP) is 19.4. The molecule has 8 nitrogen and oxygen atoms in total. The third-order valence-corrected chi connectivity index (χ3v) is 19.0. The molecule has 0 saturated carbocycles. The molecule has 0 atom stereocenters. The Morgan fingerprint density at radius 1 is 0.217 bits per heavy atom. The molecule has 0 aliphatic rings. The van der Waals surface area contributed by atoms with E-state index in [0.717, 1.165) is 51.4 Å². The second-order valence-electron chi connectivity index (χ2n) is 16.9. The average molecular weight is 1310 g/mol. The molecule has 0 rings (SSSR count). The Labute approximate surface area is 488 Å². The minimum atomic E-state index is -2.37. The third-order valence-electron chi connectivity index (χ3n) is 9.98. The van der Waals surface area contributed by atoms with E-state index in [0.29, 0.717) is 52.9 Å². The Kier molecular flexibility index (Phi) is 75.5. The minimum absolute atomic E-state index is 0. The van der Waals surface area contributed by atoms with Gasteiger partial charge in [0.25, 0.3) is 0 Å². The van der Waals surface area contributed by atoms with E-state index < -0.39 is 22.8 Å². The van der Waals surface area contributed by atoms with Crippen molar-refractivity contribution < 1.29 is 36.2 Å². The molecular formula is C48H104O8P4S8Sn. The first-order valence-electron chi connectivity index (χ1n) is 26.9. The molecule has 0 spiro atoms. The summed E-state index contributed by atoms with van der Waals surface area (Å²) in [6, 6.07) is 0. The van der Waals surface area contributed by atoms with Crippen molar-refractivity contribution >= 4 is 143 Å². The molecule has 0 radical (unpaired) electrons. The minimum Gasteiger partial charge on any atom is -0.691 e. The van der Waals surface area contributed by atoms with Crippen molar-refractivity contribution in [1.29, 1.82) is 0 Å². The third kappa shape index (κ3) is 76.8. The van der Waals surface area contributed by atoms with E-state index in [9.17, 15) is 0 Å². The monoisotopic (exact) mass is 1310 g/mol. The Morgan fingerprint density at radius 2 is 0.319 bits per heavy atom. The molecule has 0 amide bonds. The fourth-order valence-electron chi connectivity index (χ4n) is 5.79. The topological polar surface area (TPSA) is 73.8 Å². The molecule has 0 bridgehead atoms. The summed E-state index contributed by atoms with van der Waals surface area (Å²) < 4.78 is 44.0. The van der Waals surface area contributed by atoms with Crippen LogP contribution in [0.15, 0.2) is 0 Å². The van der Waals surface area contributed by atoms with Crippen molar-refractivity contribution in [3.63, 3.8) is 0 Å². The van der Waals surface area contributed by atoms with Gasteiger partial charge in [-0.2, -0.15) is 0 Å². The molecule has 0 aliphatic heterocycles. The van der Waals surface area contributed by atoms with E-state index in [2.05, 4.69) is 55.4 Å². The van der Waals surface area contributed by atoms with Gasteiger partial charge in [0, 0.05) is 0 Å². The van der Waals surface area contributed by atoms with Gasteiger partial charge in [0.1, 0.15) is 0 Å². The molecule has 21 heteroatoms. The molecular weight excluding hydrogens is 1200 g/mol. The predicted molar refractivity (Wildman–Crippen MR) is 333 cm³/mol. The zero-order chi connectivity index (χ0) is 51.9. The van der Waals surface area contributed by atoms with Crippen LogP contribution in [0.5, 0.6) is 0 Å². The van der Waals surface area contributed by atoms with E-state index in [1.165, 1.54) is 154 Å². The van der Waals surface area contributed by atoms with Crippen molar-refractivity contribution in [3.05, 3.63) is 0 Å². The number of hydrogen-bond donors (Lipinski definition) is 0. The summed E-state index contributed by atoms with van der Waals surface area (Å²) in [6.07, 6.45) is 37.8. The van der Waals surface area contributed by atoms with Gasteiger partial charge < -0.3 is 85.2 Å². The van der Waals surface area contributed by atoms with Crippen LogP contribution in [-0.4, -0.2) is 76.8 Å². The van der Waals surface area contributed by atoms with Gasteiger partial charge in [0.2, 0.25) is 0 Å². The second-order valence-corrected chi connectivity index (χ2v) is 36.9. The van der Waals surface area contributed by atoms with Gasteiger partial charge in [-0.05, 0) is 51.4 Å². The Hall–Kier alpha value is 4.48. The van der Waals surface area contributed by atoms with Crippen LogP contribution in [0.25, 0.3) is 0 Å². The Bertz CT molecular complexity index is 962. The Morgan fingerprint density at radius 3 is 0.406 bits per heavy atom. The molecule has 0 aromatic rings. The van der Waals surface area contributed by atoms with Crippen LogP contribution in [0.3, 0.4) is 0 Å². The van der Waals surface area contributed by atoms with Gasteiger partial charge in [-0.3, -0.25) is 0 Å². The van der Waals surface area contributed by atoms with Crippen LogP contribution in [0.1, 0.15) is 261 Å². The molecule has 0 N–H and O–H groups in total. The maximum absolute atomic E-state index is 5.50. The molecule has 0 aromatic heterocycles. The van der Waals surface area contributed by atoms with Crippen molar-refractivity contribution in [3.8, 4) is 0 Å². The van der Waals surface area contributed by atoms with Gasteiger partial charge in [-0.15, -0.1) is 0 Å². The first-order valence-corrected chi connectivity index (χ1v) is 41.5. The smallest absolute Gasteiger partial charge is 0.691 e. The summed E-state index contributed by atoms with van der Waals surface area (Å²) in [4.78, 5) is 0. The van der Waals surface area contributed by atoms with Gasteiger partial charge in [-0.1, -0.05) is 257 Å². The zero-order valence-electron chi connectivity index (χ0n) is 45.1. The number of rotatable bonds is 48. The average Bonchev–Trinajstić information content (AvgIpc) is 3.29. The van der Waals surface area contributed by atoms with Crippen molar-refractivity contribution in [2.75, 3.05) is 52.9 Å². The first kappa shape index (κ1) is 82.3. The normalized spacial score (nSPS) is 11.8. The maximum atomic E-state index is 5.50. The van der Waals surface area contributed by atoms with Crippen LogP contribution in [0, 0.1) is 0 Å². The fraction of sp³-hybridized carbons (Fsp3) is 1.00. The van der Waals surface area contributed by atoms with Gasteiger partial charge in [0.15, 0.2) is 0 Å². The van der Waals surface area contributed by atoms with Gasteiger partial charge >= 0.3 is 23.9 Å². The molecule has 0 aliphatic carbocycles. The van der Waals surface area contributed by atoms with E-state index >= 15 is 0 Å². The summed E-state index contributed by atoms with van der Waals surface area (Å²) in [6.45, 7) is 22.8. The van der Waals surface area contributed by atoms with Gasteiger partial charge in [0.05, 0.1) is 75.6 Å². The number of unbranched alkanes of at least 4 members (excludes halogenated alkanes) is 24. The molecule has 0 aromatic carbocycles. The van der Waals surface area contributed by atoms with Crippen LogP contribution in [-0.2, 0) is 132 Å².